The quantitative estimate of drug-likeness (QED) is 0.356. The molecule has 0 saturated heterocycles. The van der Waals surface area contributed by atoms with Gasteiger partial charge in [0.05, 0.1) is 4.90 Å². The Morgan fingerprint density at radius 2 is 1.63 bits per heavy atom. The number of hydrogen-bond donors (Lipinski definition) is 4. The Kier molecular flexibility index (Phi) is 8.26. The molecule has 184 valence electrons. The molecule has 0 radical (unpaired) electrons. The van der Waals surface area contributed by atoms with Crippen molar-refractivity contribution in [3.8, 4) is 11.1 Å². The molecule has 4 N–H and O–H groups in total. The van der Waals surface area contributed by atoms with Crippen LogP contribution in [0.15, 0.2) is 71.6 Å². The van der Waals surface area contributed by atoms with Crippen LogP contribution in [-0.2, 0) is 21.2 Å². The zero-order valence-corrected chi connectivity index (χ0v) is 20.6. The molecule has 8 nitrogen and oxygen atoms in total. The number of carbonyl (C=O) groups excluding carboxylic acids is 1. The molecule has 35 heavy (non-hydrogen) atoms. The van der Waals surface area contributed by atoms with Crippen molar-refractivity contribution in [1.29, 1.82) is 0 Å². The number of carboxylic acid groups (broad SMARTS) is 1. The van der Waals surface area contributed by atoms with Crippen molar-refractivity contribution >= 4 is 27.7 Å². The molecular weight excluding hydrogens is 466 g/mol. The molecule has 0 aliphatic heterocycles. The normalized spacial score (nSPS) is 12.1. The van der Waals surface area contributed by atoms with Gasteiger partial charge in [0.25, 0.3) is 0 Å². The third-order valence-corrected chi connectivity index (χ3v) is 7.00. The van der Waals surface area contributed by atoms with Gasteiger partial charge in [-0.15, -0.1) is 0 Å². The van der Waals surface area contributed by atoms with Crippen LogP contribution in [-0.4, -0.2) is 38.1 Å². The number of sulfonamides is 1. The average Bonchev–Trinajstić information content (AvgIpc) is 2.80. The number of nitrogens with one attached hydrogen (secondary N) is 3. The van der Waals surface area contributed by atoms with Gasteiger partial charge in [-0.25, -0.2) is 13.2 Å². The van der Waals surface area contributed by atoms with Crippen LogP contribution in [0.3, 0.4) is 0 Å². The number of anilines is 1. The molecule has 0 saturated carbocycles. The monoisotopic (exact) mass is 495 g/mol. The molecule has 0 heterocycles. The Morgan fingerprint density at radius 3 is 2.31 bits per heavy atom. The summed E-state index contributed by atoms with van der Waals surface area (Å²) in [7, 11) is -4.04. The van der Waals surface area contributed by atoms with Gasteiger partial charge in [-0.05, 0) is 73.2 Å². The third-order valence-electron chi connectivity index (χ3n) is 5.39. The fraction of sp³-hybridized carbons (Fsp3) is 0.231. The van der Waals surface area contributed by atoms with E-state index >= 15 is 0 Å². The van der Waals surface area contributed by atoms with E-state index < -0.39 is 22.0 Å². The molecule has 3 rings (SSSR count). The second-order valence-electron chi connectivity index (χ2n) is 8.25. The van der Waals surface area contributed by atoms with Crippen molar-refractivity contribution in [1.82, 2.24) is 10.0 Å². The van der Waals surface area contributed by atoms with E-state index in [2.05, 4.69) is 15.4 Å². The Labute approximate surface area is 205 Å². The number of urea groups is 1. The standard InChI is InChI=1S/C26H29N3O5S/c1-4-27-26(32)28-22-10-6-9-21(16-22)20-8-5-7-19(14-20)15-23(25(30)31)29-35(33,34)24-13-17(2)11-12-18(24)3/h5-14,16,23,29H,4,15H2,1-3H3,(H,30,31)(H2,27,28,32)/t23-/m0/s1. The molecular formula is C26H29N3O5S. The lowest BCUT2D eigenvalue weighted by Gasteiger charge is -2.17. The van der Waals surface area contributed by atoms with E-state index in [1.165, 1.54) is 6.07 Å². The highest BCUT2D eigenvalue weighted by atomic mass is 32.2. The van der Waals surface area contributed by atoms with Gasteiger partial charge in [-0.3, -0.25) is 4.79 Å². The highest BCUT2D eigenvalue weighted by Crippen LogP contribution is 2.24. The zero-order valence-electron chi connectivity index (χ0n) is 19.8. The van der Waals surface area contributed by atoms with Crippen molar-refractivity contribution in [2.45, 2.75) is 38.1 Å². The molecule has 0 aromatic heterocycles. The van der Waals surface area contributed by atoms with Gasteiger partial charge >= 0.3 is 12.0 Å². The summed E-state index contributed by atoms with van der Waals surface area (Å²) in [6.45, 7) is 5.78. The molecule has 0 aliphatic rings. The van der Waals surface area contributed by atoms with Gasteiger partial charge in [0.1, 0.15) is 6.04 Å². The van der Waals surface area contributed by atoms with Crippen molar-refractivity contribution in [3.05, 3.63) is 83.4 Å². The second-order valence-corrected chi connectivity index (χ2v) is 9.93. The van der Waals surface area contributed by atoms with Crippen LogP contribution in [0.25, 0.3) is 11.1 Å². The van der Waals surface area contributed by atoms with E-state index in [9.17, 15) is 23.1 Å². The number of hydrogen-bond acceptors (Lipinski definition) is 4. The van der Waals surface area contributed by atoms with Gasteiger partial charge < -0.3 is 15.7 Å². The van der Waals surface area contributed by atoms with Gasteiger partial charge in [-0.1, -0.05) is 48.5 Å². The second kappa shape index (κ2) is 11.2. The minimum atomic E-state index is -4.04. The predicted molar refractivity (Wildman–Crippen MR) is 136 cm³/mol. The number of rotatable bonds is 9. The number of amides is 2. The van der Waals surface area contributed by atoms with Gasteiger partial charge in [0, 0.05) is 12.2 Å². The Bertz CT molecular complexity index is 1340. The smallest absolute Gasteiger partial charge is 0.322 e. The first-order chi connectivity index (χ1) is 16.6. The van der Waals surface area contributed by atoms with Crippen LogP contribution in [0.4, 0.5) is 10.5 Å². The number of aryl methyl sites for hydroxylation is 2. The number of aliphatic carboxylic acids is 1. The molecule has 1 atom stereocenters. The van der Waals surface area contributed by atoms with E-state index in [0.29, 0.717) is 23.4 Å². The van der Waals surface area contributed by atoms with Crippen molar-refractivity contribution in [3.63, 3.8) is 0 Å². The highest BCUT2D eigenvalue weighted by molar-refractivity contribution is 7.89. The van der Waals surface area contributed by atoms with Crippen LogP contribution in [0.1, 0.15) is 23.6 Å². The minimum absolute atomic E-state index is 0.0376. The molecule has 0 unspecified atom stereocenters. The molecule has 2 amide bonds. The van der Waals surface area contributed by atoms with Crippen LogP contribution in [0.5, 0.6) is 0 Å². The Hall–Kier alpha value is -3.69. The first kappa shape index (κ1) is 25.9. The van der Waals surface area contributed by atoms with E-state index in [4.69, 9.17) is 0 Å². The Balaban J connectivity index is 1.83. The summed E-state index contributed by atoms with van der Waals surface area (Å²) >= 11 is 0. The highest BCUT2D eigenvalue weighted by Gasteiger charge is 2.27. The van der Waals surface area contributed by atoms with Gasteiger partial charge in [0.15, 0.2) is 0 Å². The lowest BCUT2D eigenvalue weighted by atomic mass is 9.99. The fourth-order valence-corrected chi connectivity index (χ4v) is 5.17. The van der Waals surface area contributed by atoms with Gasteiger partial charge in [0.2, 0.25) is 10.0 Å². The fourth-order valence-electron chi connectivity index (χ4n) is 3.65. The summed E-state index contributed by atoms with van der Waals surface area (Å²) in [6.07, 6.45) is -0.0376. The lowest BCUT2D eigenvalue weighted by molar-refractivity contribution is -0.138. The van der Waals surface area contributed by atoms with Crippen molar-refractivity contribution in [2.24, 2.45) is 0 Å². The van der Waals surface area contributed by atoms with Crippen LogP contribution in [0.2, 0.25) is 0 Å². The molecule has 0 aliphatic carbocycles. The maximum absolute atomic E-state index is 13.0. The number of benzene rings is 3. The van der Waals surface area contributed by atoms with Gasteiger partial charge in [-0.2, -0.15) is 4.72 Å². The SMILES string of the molecule is CCNC(=O)Nc1cccc(-c2cccc(C[C@H](NS(=O)(=O)c3cc(C)ccc3C)C(=O)O)c2)c1. The van der Waals surface area contributed by atoms with E-state index in [-0.39, 0.29) is 17.3 Å². The topological polar surface area (TPSA) is 125 Å². The van der Waals surface area contributed by atoms with E-state index in [1.54, 1.807) is 44.2 Å². The number of carboxylic acids is 1. The lowest BCUT2D eigenvalue weighted by Crippen LogP contribution is -2.42. The van der Waals surface area contributed by atoms with Crippen molar-refractivity contribution in [2.75, 3.05) is 11.9 Å². The molecule has 9 heteroatoms. The molecule has 0 spiro atoms. The summed E-state index contributed by atoms with van der Waals surface area (Å²) in [4.78, 5) is 23.8. The Morgan fingerprint density at radius 1 is 0.943 bits per heavy atom. The maximum atomic E-state index is 13.0. The third kappa shape index (κ3) is 6.91. The summed E-state index contributed by atoms with van der Waals surface area (Å²) in [5.74, 6) is -1.27. The molecule has 0 fully saturated rings. The zero-order chi connectivity index (χ0) is 25.6. The van der Waals surface area contributed by atoms with Crippen molar-refractivity contribution < 1.29 is 23.1 Å². The van der Waals surface area contributed by atoms with Crippen LogP contribution < -0.4 is 15.4 Å². The first-order valence-corrected chi connectivity index (χ1v) is 12.6. The molecule has 3 aromatic rings. The molecule has 0 bridgehead atoms. The van der Waals surface area contributed by atoms with Crippen LogP contribution in [0, 0.1) is 13.8 Å². The van der Waals surface area contributed by atoms with E-state index in [0.717, 1.165) is 16.7 Å². The average molecular weight is 496 g/mol. The maximum Gasteiger partial charge on any atom is 0.322 e. The largest absolute Gasteiger partial charge is 0.480 e. The summed E-state index contributed by atoms with van der Waals surface area (Å²) < 4.78 is 28.3. The number of carbonyl (C=O) groups is 2. The summed E-state index contributed by atoms with van der Waals surface area (Å²) in [5, 5.41) is 15.2. The van der Waals surface area contributed by atoms with E-state index in [1.807, 2.05) is 37.3 Å². The first-order valence-electron chi connectivity index (χ1n) is 11.2. The molecule has 3 aromatic carbocycles. The summed E-state index contributed by atoms with van der Waals surface area (Å²) in [6, 6.07) is 17.8. The minimum Gasteiger partial charge on any atom is -0.480 e. The predicted octanol–water partition coefficient (Wildman–Crippen LogP) is 4.09. The summed E-state index contributed by atoms with van der Waals surface area (Å²) in [5.41, 5.74) is 4.20. The van der Waals surface area contributed by atoms with Crippen LogP contribution >= 0.6 is 0 Å².